The number of hydrogen-bond donors (Lipinski definition) is 3. The highest BCUT2D eigenvalue weighted by Crippen LogP contribution is 2.38. The number of aromatic nitrogens is 1. The Morgan fingerprint density at radius 1 is 0.870 bits per heavy atom. The Morgan fingerprint density at radius 3 is 2.15 bits per heavy atom. The molecule has 0 aliphatic carbocycles. The third kappa shape index (κ3) is 7.21. The topological polar surface area (TPSA) is 124 Å². The van der Waals surface area contributed by atoms with Crippen LogP contribution >= 0.6 is 0 Å². The third-order valence-corrected chi connectivity index (χ3v) is 9.14. The minimum atomic E-state index is -1.35. The van der Waals surface area contributed by atoms with E-state index in [1.807, 2.05) is 65.7 Å². The van der Waals surface area contributed by atoms with E-state index in [1.165, 1.54) is 0 Å². The molecule has 10 nitrogen and oxygen atoms in total. The molecule has 0 bridgehead atoms. The minimum Gasteiger partial charge on any atom is -0.444 e. The number of likely N-dealkylation sites (tertiary alicyclic amines) is 2. The van der Waals surface area contributed by atoms with Gasteiger partial charge in [0.25, 0.3) is 0 Å². The van der Waals surface area contributed by atoms with Gasteiger partial charge in [-0.05, 0) is 77.5 Å². The van der Waals surface area contributed by atoms with Crippen LogP contribution in [0.3, 0.4) is 0 Å². The Balaban J connectivity index is 1.37. The van der Waals surface area contributed by atoms with Gasteiger partial charge in [0.15, 0.2) is 0 Å². The van der Waals surface area contributed by atoms with Crippen molar-refractivity contribution in [2.24, 2.45) is 0 Å². The summed E-state index contributed by atoms with van der Waals surface area (Å²) in [6.07, 6.45) is 4.42. The lowest BCUT2D eigenvalue weighted by atomic mass is 9.71. The van der Waals surface area contributed by atoms with E-state index in [-0.39, 0.29) is 18.2 Å². The Hall–Kier alpha value is -4.34. The van der Waals surface area contributed by atoms with Crippen LogP contribution in [0.1, 0.15) is 71.4 Å². The van der Waals surface area contributed by atoms with Crippen LogP contribution in [-0.4, -0.2) is 82.0 Å². The number of piperidine rings is 1. The van der Waals surface area contributed by atoms with Gasteiger partial charge in [-0.3, -0.25) is 14.4 Å². The van der Waals surface area contributed by atoms with Crippen molar-refractivity contribution in [1.82, 2.24) is 25.4 Å². The molecule has 3 heterocycles. The molecule has 2 aliphatic rings. The zero-order chi connectivity index (χ0) is 33.1. The molecular weight excluding hydrogens is 582 g/mol. The number of nitrogens with zero attached hydrogens (tertiary/aromatic N) is 2. The van der Waals surface area contributed by atoms with E-state index in [4.69, 9.17) is 4.74 Å². The van der Waals surface area contributed by atoms with E-state index in [0.717, 1.165) is 48.0 Å². The molecule has 0 radical (unpaired) electrons. The van der Waals surface area contributed by atoms with Crippen molar-refractivity contribution >= 4 is 34.7 Å². The van der Waals surface area contributed by atoms with Gasteiger partial charge in [-0.1, -0.05) is 48.5 Å². The summed E-state index contributed by atoms with van der Waals surface area (Å²) in [6, 6.07) is 16.8. The van der Waals surface area contributed by atoms with Crippen LogP contribution in [0.2, 0.25) is 0 Å². The standard InChI is InChI=1S/C36H47N5O5/c1-34(2,3)46-33(45)39-35(4,5)31(43)38-29(23-25-24-37-28-16-10-9-15-27(25)28)30(42)40-21-17-36(18-22-40,26-13-7-6-8-14-26)32(44)41-19-11-12-20-41/h6-10,13-16,24,29,37H,11-12,17-23H2,1-5H3,(H,38,43)(H,39,45). The summed E-state index contributed by atoms with van der Waals surface area (Å²) in [6.45, 7) is 10.7. The number of rotatable bonds is 8. The molecule has 2 aromatic carbocycles. The summed E-state index contributed by atoms with van der Waals surface area (Å²) in [5, 5.41) is 6.57. The maximum atomic E-state index is 14.3. The molecule has 2 fully saturated rings. The van der Waals surface area contributed by atoms with Crippen LogP contribution < -0.4 is 10.6 Å². The number of alkyl carbamates (subject to hydrolysis) is 1. The summed E-state index contributed by atoms with van der Waals surface area (Å²) < 4.78 is 5.38. The van der Waals surface area contributed by atoms with Crippen LogP contribution in [0.15, 0.2) is 60.8 Å². The first-order chi connectivity index (χ1) is 21.8. The number of ether oxygens (including phenoxy) is 1. The number of aromatic amines is 1. The van der Waals surface area contributed by atoms with Crippen molar-refractivity contribution in [2.75, 3.05) is 26.2 Å². The first kappa shape index (κ1) is 33.0. The molecule has 2 aliphatic heterocycles. The van der Waals surface area contributed by atoms with E-state index >= 15 is 0 Å². The second-order valence-corrected chi connectivity index (χ2v) is 14.1. The molecule has 2 saturated heterocycles. The zero-order valence-corrected chi connectivity index (χ0v) is 27.7. The summed E-state index contributed by atoms with van der Waals surface area (Å²) in [5.74, 6) is -0.583. The zero-order valence-electron chi connectivity index (χ0n) is 27.7. The van der Waals surface area contributed by atoms with Crippen molar-refractivity contribution in [2.45, 2.75) is 89.3 Å². The molecule has 1 atom stereocenters. The average Bonchev–Trinajstić information content (AvgIpc) is 3.70. The van der Waals surface area contributed by atoms with Gasteiger partial charge in [0.05, 0.1) is 5.41 Å². The van der Waals surface area contributed by atoms with Gasteiger partial charge >= 0.3 is 6.09 Å². The number of amides is 4. The summed E-state index contributed by atoms with van der Waals surface area (Å²) >= 11 is 0. The lowest BCUT2D eigenvalue weighted by Gasteiger charge is -2.43. The third-order valence-electron chi connectivity index (χ3n) is 9.14. The Morgan fingerprint density at radius 2 is 1.50 bits per heavy atom. The second-order valence-electron chi connectivity index (χ2n) is 14.1. The number of fused-ring (bicyclic) bond motifs is 1. The molecule has 4 amide bonds. The normalized spacial score (nSPS) is 17.4. The summed E-state index contributed by atoms with van der Waals surface area (Å²) in [4.78, 5) is 61.5. The fourth-order valence-electron chi connectivity index (χ4n) is 6.61. The molecule has 246 valence electrons. The molecule has 3 aromatic rings. The number of para-hydroxylation sites is 1. The quantitative estimate of drug-likeness (QED) is 0.334. The highest BCUT2D eigenvalue weighted by Gasteiger charge is 2.47. The number of carbonyl (C=O) groups excluding carboxylic acids is 4. The molecule has 5 rings (SSSR count). The van der Waals surface area contributed by atoms with Gasteiger partial charge in [0.1, 0.15) is 17.2 Å². The van der Waals surface area contributed by atoms with Gasteiger partial charge in [-0.25, -0.2) is 4.79 Å². The molecule has 3 N–H and O–H groups in total. The monoisotopic (exact) mass is 629 g/mol. The van der Waals surface area contributed by atoms with Gasteiger partial charge in [0, 0.05) is 49.7 Å². The van der Waals surface area contributed by atoms with Gasteiger partial charge < -0.3 is 30.2 Å². The Bertz CT molecular complexity index is 1560. The average molecular weight is 630 g/mol. The maximum absolute atomic E-state index is 14.3. The highest BCUT2D eigenvalue weighted by molar-refractivity contribution is 5.95. The molecule has 0 spiro atoms. The van der Waals surface area contributed by atoms with Gasteiger partial charge in [-0.15, -0.1) is 0 Å². The van der Waals surface area contributed by atoms with E-state index in [1.54, 1.807) is 39.5 Å². The fourth-order valence-corrected chi connectivity index (χ4v) is 6.61. The van der Waals surface area contributed by atoms with Crippen molar-refractivity contribution in [1.29, 1.82) is 0 Å². The smallest absolute Gasteiger partial charge is 0.408 e. The van der Waals surface area contributed by atoms with Crippen LogP contribution in [0.25, 0.3) is 10.9 Å². The van der Waals surface area contributed by atoms with Crippen molar-refractivity contribution in [3.63, 3.8) is 0 Å². The highest BCUT2D eigenvalue weighted by atomic mass is 16.6. The molecule has 0 saturated carbocycles. The minimum absolute atomic E-state index is 0.141. The molecular formula is C36H47N5O5. The van der Waals surface area contributed by atoms with Crippen LogP contribution in [0.5, 0.6) is 0 Å². The molecule has 46 heavy (non-hydrogen) atoms. The number of benzene rings is 2. The van der Waals surface area contributed by atoms with Crippen LogP contribution in [0, 0.1) is 0 Å². The van der Waals surface area contributed by atoms with Gasteiger partial charge in [-0.2, -0.15) is 0 Å². The number of nitrogens with one attached hydrogen (secondary N) is 3. The molecule has 1 unspecified atom stereocenters. The fraction of sp³-hybridized carbons (Fsp3) is 0.500. The molecule has 10 heteroatoms. The summed E-state index contributed by atoms with van der Waals surface area (Å²) in [7, 11) is 0. The van der Waals surface area contributed by atoms with Crippen LogP contribution in [-0.2, 0) is 31.0 Å². The summed E-state index contributed by atoms with van der Waals surface area (Å²) in [5.41, 5.74) is 0.0342. The number of hydrogen-bond acceptors (Lipinski definition) is 5. The lowest BCUT2D eigenvalue weighted by molar-refractivity contribution is -0.144. The van der Waals surface area contributed by atoms with Gasteiger partial charge in [0.2, 0.25) is 17.7 Å². The maximum Gasteiger partial charge on any atom is 0.408 e. The van der Waals surface area contributed by atoms with E-state index in [0.29, 0.717) is 25.9 Å². The van der Waals surface area contributed by atoms with Crippen LogP contribution in [0.4, 0.5) is 4.79 Å². The van der Waals surface area contributed by atoms with E-state index in [9.17, 15) is 19.2 Å². The predicted octanol–water partition coefficient (Wildman–Crippen LogP) is 4.68. The van der Waals surface area contributed by atoms with E-state index in [2.05, 4.69) is 15.6 Å². The first-order valence-corrected chi connectivity index (χ1v) is 16.3. The number of carbonyl (C=O) groups is 4. The largest absolute Gasteiger partial charge is 0.444 e. The molecule has 1 aromatic heterocycles. The Labute approximate surface area is 271 Å². The van der Waals surface area contributed by atoms with Crippen molar-refractivity contribution in [3.8, 4) is 0 Å². The Kier molecular flexibility index (Phi) is 9.47. The predicted molar refractivity (Wildman–Crippen MR) is 177 cm³/mol. The second kappa shape index (κ2) is 13.2. The SMILES string of the molecule is CC(C)(C)OC(=O)NC(C)(C)C(=O)NC(Cc1c[nH]c2ccccc12)C(=O)N1CCC(C(=O)N2CCCC2)(c2ccccc2)CC1. The number of H-pyrrole nitrogens is 1. The van der Waals surface area contributed by atoms with E-state index < -0.39 is 34.6 Å². The first-order valence-electron chi connectivity index (χ1n) is 16.3. The van der Waals surface area contributed by atoms with Crippen molar-refractivity contribution < 1.29 is 23.9 Å². The van der Waals surface area contributed by atoms with Crippen molar-refractivity contribution in [3.05, 3.63) is 71.9 Å². The lowest BCUT2D eigenvalue weighted by Crippen LogP contribution is -2.61.